The summed E-state index contributed by atoms with van der Waals surface area (Å²) in [7, 11) is 1.56. The molecule has 138 valence electrons. The first kappa shape index (κ1) is 18.0. The third kappa shape index (κ3) is 3.29. The Labute approximate surface area is 147 Å². The van der Waals surface area contributed by atoms with E-state index < -0.39 is 29.5 Å². The normalized spacial score (nSPS) is 20.5. The molecule has 0 aliphatic carbocycles. The zero-order chi connectivity index (χ0) is 19.1. The lowest BCUT2D eigenvalue weighted by Crippen LogP contribution is -2.33. The molecule has 1 aliphatic heterocycles. The van der Waals surface area contributed by atoms with Crippen LogP contribution in [0.3, 0.4) is 0 Å². The Morgan fingerprint density at radius 2 is 1.96 bits per heavy atom. The van der Waals surface area contributed by atoms with Crippen LogP contribution in [0, 0.1) is 12.8 Å². The lowest BCUT2D eigenvalue weighted by Gasteiger charge is -2.17. The van der Waals surface area contributed by atoms with Crippen LogP contribution in [0.1, 0.15) is 22.6 Å². The highest BCUT2D eigenvalue weighted by molar-refractivity contribution is 6.08. The molecule has 26 heavy (non-hydrogen) atoms. The molecule has 1 aromatic heterocycles. The van der Waals surface area contributed by atoms with Crippen molar-refractivity contribution < 1.29 is 22.8 Å². The number of nitrogens with one attached hydrogen (secondary N) is 2. The Morgan fingerprint density at radius 1 is 1.31 bits per heavy atom. The molecule has 0 radical (unpaired) electrons. The molecule has 1 fully saturated rings. The molecule has 0 saturated carbocycles. The van der Waals surface area contributed by atoms with Gasteiger partial charge in [0.05, 0.1) is 11.8 Å². The van der Waals surface area contributed by atoms with E-state index in [-0.39, 0.29) is 12.5 Å². The van der Waals surface area contributed by atoms with Crippen LogP contribution in [-0.4, -0.2) is 40.5 Å². The predicted octanol–water partition coefficient (Wildman–Crippen LogP) is 2.55. The van der Waals surface area contributed by atoms with Crippen LogP contribution < -0.4 is 5.32 Å². The summed E-state index contributed by atoms with van der Waals surface area (Å²) in [6.45, 7) is 2.00. The van der Waals surface area contributed by atoms with Crippen molar-refractivity contribution in [3.05, 3.63) is 47.2 Å². The molecule has 2 N–H and O–H groups in total. The van der Waals surface area contributed by atoms with Gasteiger partial charge in [-0.3, -0.25) is 14.7 Å². The minimum atomic E-state index is -4.43. The van der Waals surface area contributed by atoms with E-state index in [1.807, 2.05) is 0 Å². The highest BCUT2D eigenvalue weighted by Crippen LogP contribution is 2.36. The number of aromatic amines is 1. The number of benzene rings is 1. The molecule has 1 aliphatic rings. The van der Waals surface area contributed by atoms with Gasteiger partial charge in [-0.05, 0) is 24.6 Å². The quantitative estimate of drug-likeness (QED) is 0.820. The maximum absolute atomic E-state index is 12.7. The fraction of sp³-hybridized carbons (Fsp3) is 0.353. The number of carbonyl (C=O) groups is 2. The molecule has 2 heterocycles. The Balaban J connectivity index is 1.86. The molecule has 1 aromatic carbocycles. The number of aryl methyl sites for hydroxylation is 1. The fourth-order valence-corrected chi connectivity index (χ4v) is 3.09. The molecule has 1 saturated heterocycles. The smallest absolute Gasteiger partial charge is 0.344 e. The van der Waals surface area contributed by atoms with E-state index in [0.29, 0.717) is 16.9 Å². The van der Waals surface area contributed by atoms with Crippen molar-refractivity contribution in [2.45, 2.75) is 19.0 Å². The van der Waals surface area contributed by atoms with Gasteiger partial charge < -0.3 is 10.2 Å². The highest BCUT2D eigenvalue weighted by Gasteiger charge is 2.44. The summed E-state index contributed by atoms with van der Waals surface area (Å²) >= 11 is 0. The molecular formula is C17H17F3N4O2. The first-order chi connectivity index (χ1) is 12.2. The van der Waals surface area contributed by atoms with Crippen molar-refractivity contribution in [1.29, 1.82) is 0 Å². The van der Waals surface area contributed by atoms with Crippen LogP contribution in [0.4, 0.5) is 19.0 Å². The number of anilines is 1. The van der Waals surface area contributed by atoms with Crippen LogP contribution in [0.15, 0.2) is 30.5 Å². The third-order valence-corrected chi connectivity index (χ3v) is 4.54. The zero-order valence-electron chi connectivity index (χ0n) is 14.1. The number of H-pyrrole nitrogens is 1. The summed E-state index contributed by atoms with van der Waals surface area (Å²) in [5.74, 6) is -2.04. The van der Waals surface area contributed by atoms with E-state index in [0.717, 1.165) is 12.1 Å². The molecule has 6 nitrogen and oxygen atoms in total. The average Bonchev–Trinajstić information content (AvgIpc) is 3.11. The highest BCUT2D eigenvalue weighted by atomic mass is 19.4. The van der Waals surface area contributed by atoms with Gasteiger partial charge in [0.15, 0.2) is 0 Å². The second kappa shape index (κ2) is 6.47. The van der Waals surface area contributed by atoms with Gasteiger partial charge in [-0.15, -0.1) is 0 Å². The van der Waals surface area contributed by atoms with Crippen LogP contribution in [0.2, 0.25) is 0 Å². The maximum atomic E-state index is 12.7. The Bertz CT molecular complexity index is 829. The summed E-state index contributed by atoms with van der Waals surface area (Å²) in [6.07, 6.45) is -2.90. The van der Waals surface area contributed by atoms with Crippen LogP contribution in [0.5, 0.6) is 0 Å². The number of nitrogens with zero attached hydrogens (tertiary/aromatic N) is 2. The van der Waals surface area contributed by atoms with Crippen molar-refractivity contribution >= 4 is 17.6 Å². The monoisotopic (exact) mass is 366 g/mol. The van der Waals surface area contributed by atoms with Crippen LogP contribution in [0.25, 0.3) is 0 Å². The predicted molar refractivity (Wildman–Crippen MR) is 87.3 cm³/mol. The minimum Gasteiger partial charge on any atom is -0.344 e. The average molecular weight is 366 g/mol. The number of likely N-dealkylation sites (N-methyl/N-ethyl adjacent to an activating group) is 1. The van der Waals surface area contributed by atoms with Gasteiger partial charge in [0.1, 0.15) is 11.7 Å². The van der Waals surface area contributed by atoms with Gasteiger partial charge >= 0.3 is 6.18 Å². The molecule has 3 rings (SSSR count). The third-order valence-electron chi connectivity index (χ3n) is 4.54. The van der Waals surface area contributed by atoms with E-state index in [4.69, 9.17) is 0 Å². The number of likely N-dealkylation sites (tertiary alicyclic amines) is 1. The zero-order valence-corrected chi connectivity index (χ0v) is 14.1. The minimum absolute atomic E-state index is 0.254. The summed E-state index contributed by atoms with van der Waals surface area (Å²) in [5.41, 5.74) is 0.452. The number of aromatic nitrogens is 2. The lowest BCUT2D eigenvalue weighted by atomic mass is 9.87. The van der Waals surface area contributed by atoms with Crippen molar-refractivity contribution in [1.82, 2.24) is 15.1 Å². The molecule has 2 atom stereocenters. The molecule has 0 unspecified atom stereocenters. The van der Waals surface area contributed by atoms with Crippen LogP contribution >= 0.6 is 0 Å². The molecule has 0 spiro atoms. The van der Waals surface area contributed by atoms with Crippen molar-refractivity contribution in [3.8, 4) is 0 Å². The number of hydrogen-bond donors (Lipinski definition) is 2. The standard InChI is InChI=1S/C17H17F3N4O2/c1-9-7-21-23-14(9)22-15(25)13-12(8-24(2)16(13)26)10-3-5-11(6-4-10)17(18,19)20/h3-7,12-13H,8H2,1-2H3,(H2,21,22,23,25)/t12-,13+/m0/s1. The van der Waals surface area contributed by atoms with E-state index in [2.05, 4.69) is 15.5 Å². The van der Waals surface area contributed by atoms with E-state index in [1.165, 1.54) is 23.2 Å². The molecule has 0 bridgehead atoms. The van der Waals surface area contributed by atoms with Gasteiger partial charge in [0, 0.05) is 25.1 Å². The number of alkyl halides is 3. The second-order valence-corrected chi connectivity index (χ2v) is 6.34. The van der Waals surface area contributed by atoms with Crippen molar-refractivity contribution in [2.75, 3.05) is 18.9 Å². The van der Waals surface area contributed by atoms with Crippen molar-refractivity contribution in [3.63, 3.8) is 0 Å². The Hall–Kier alpha value is -2.84. The summed E-state index contributed by atoms with van der Waals surface area (Å²) < 4.78 is 38.2. The first-order valence-electron chi connectivity index (χ1n) is 7.91. The number of carbonyl (C=O) groups excluding carboxylic acids is 2. The molecule has 2 aromatic rings. The topological polar surface area (TPSA) is 78.1 Å². The molecule has 9 heteroatoms. The largest absolute Gasteiger partial charge is 0.416 e. The maximum Gasteiger partial charge on any atom is 0.416 e. The number of amides is 2. The Morgan fingerprint density at radius 3 is 2.50 bits per heavy atom. The summed E-state index contributed by atoms with van der Waals surface area (Å²) in [6, 6.07) is 4.57. The lowest BCUT2D eigenvalue weighted by molar-refractivity contribution is -0.138. The van der Waals surface area contributed by atoms with Gasteiger partial charge in [0.2, 0.25) is 11.8 Å². The SMILES string of the molecule is Cc1cn[nH]c1NC(=O)[C@@H]1C(=O)N(C)C[C@H]1c1ccc(C(F)(F)F)cc1. The molecular weight excluding hydrogens is 349 g/mol. The number of hydrogen-bond acceptors (Lipinski definition) is 3. The van der Waals surface area contributed by atoms with Crippen molar-refractivity contribution in [2.24, 2.45) is 5.92 Å². The Kier molecular flexibility index (Phi) is 4.47. The van der Waals surface area contributed by atoms with Gasteiger partial charge in [-0.2, -0.15) is 18.3 Å². The first-order valence-corrected chi connectivity index (χ1v) is 7.91. The van der Waals surface area contributed by atoms with E-state index in [9.17, 15) is 22.8 Å². The molecule has 2 amide bonds. The number of rotatable bonds is 3. The van der Waals surface area contributed by atoms with Gasteiger partial charge in [-0.1, -0.05) is 12.1 Å². The van der Waals surface area contributed by atoms with Gasteiger partial charge in [-0.25, -0.2) is 0 Å². The number of halogens is 3. The second-order valence-electron chi connectivity index (χ2n) is 6.34. The van der Waals surface area contributed by atoms with Gasteiger partial charge in [0.25, 0.3) is 0 Å². The van der Waals surface area contributed by atoms with Crippen LogP contribution in [-0.2, 0) is 15.8 Å². The summed E-state index contributed by atoms with van der Waals surface area (Å²) in [4.78, 5) is 26.5. The summed E-state index contributed by atoms with van der Waals surface area (Å²) in [5, 5.41) is 9.07. The van der Waals surface area contributed by atoms with E-state index in [1.54, 1.807) is 14.0 Å². The van der Waals surface area contributed by atoms with E-state index >= 15 is 0 Å². The fourth-order valence-electron chi connectivity index (χ4n) is 3.09.